The summed E-state index contributed by atoms with van der Waals surface area (Å²) in [4.78, 5) is 5.04. The summed E-state index contributed by atoms with van der Waals surface area (Å²) < 4.78 is 5.21. The predicted molar refractivity (Wildman–Crippen MR) is 89.4 cm³/mol. The Balaban J connectivity index is 1.67. The van der Waals surface area contributed by atoms with Gasteiger partial charge in [-0.15, -0.1) is 0 Å². The molecule has 1 fully saturated rings. The molecule has 0 spiro atoms. The van der Waals surface area contributed by atoms with Gasteiger partial charge < -0.3 is 15.0 Å². The summed E-state index contributed by atoms with van der Waals surface area (Å²) in [5.74, 6) is 0.928. The topological polar surface area (TPSA) is 27.7 Å². The molecule has 0 atom stereocenters. The van der Waals surface area contributed by atoms with Crippen molar-refractivity contribution >= 4 is 5.69 Å². The highest BCUT2D eigenvalue weighted by atomic mass is 16.5. The molecule has 1 aliphatic rings. The summed E-state index contributed by atoms with van der Waals surface area (Å²) in [6, 6.07) is 8.40. The van der Waals surface area contributed by atoms with Crippen LogP contribution in [0.3, 0.4) is 0 Å². The second-order valence-electron chi connectivity index (χ2n) is 5.63. The average molecular weight is 291 g/mol. The van der Waals surface area contributed by atoms with Crippen molar-refractivity contribution in [2.24, 2.45) is 0 Å². The Morgan fingerprint density at radius 1 is 1.05 bits per heavy atom. The quantitative estimate of drug-likeness (QED) is 0.743. The maximum absolute atomic E-state index is 5.21. The zero-order valence-corrected chi connectivity index (χ0v) is 13.5. The van der Waals surface area contributed by atoms with Gasteiger partial charge in [0.15, 0.2) is 0 Å². The van der Waals surface area contributed by atoms with E-state index in [0.29, 0.717) is 0 Å². The van der Waals surface area contributed by atoms with Gasteiger partial charge in [0.05, 0.1) is 7.11 Å². The Bertz CT molecular complexity index is 386. The SMILES string of the molecule is CCCNCCCN1CCN(c2ccc(OC)cc2)CC1. The van der Waals surface area contributed by atoms with E-state index in [-0.39, 0.29) is 0 Å². The minimum Gasteiger partial charge on any atom is -0.497 e. The molecule has 1 heterocycles. The zero-order chi connectivity index (χ0) is 14.9. The lowest BCUT2D eigenvalue weighted by molar-refractivity contribution is 0.254. The molecule has 1 aromatic rings. The van der Waals surface area contributed by atoms with Crippen LogP contribution in [0.1, 0.15) is 19.8 Å². The van der Waals surface area contributed by atoms with Gasteiger partial charge in [-0.2, -0.15) is 0 Å². The highest BCUT2D eigenvalue weighted by Crippen LogP contribution is 2.20. The second kappa shape index (κ2) is 8.90. The zero-order valence-electron chi connectivity index (χ0n) is 13.5. The third kappa shape index (κ3) is 5.21. The van der Waals surface area contributed by atoms with E-state index in [1.54, 1.807) is 7.11 Å². The molecule has 1 aromatic carbocycles. The predicted octanol–water partition coefficient (Wildman–Crippen LogP) is 2.21. The maximum Gasteiger partial charge on any atom is 0.119 e. The first-order chi connectivity index (χ1) is 10.3. The van der Waals surface area contributed by atoms with Gasteiger partial charge in [0.2, 0.25) is 0 Å². The molecule has 21 heavy (non-hydrogen) atoms. The van der Waals surface area contributed by atoms with Crippen LogP contribution < -0.4 is 15.0 Å². The number of hydrogen-bond acceptors (Lipinski definition) is 4. The molecule has 0 aliphatic carbocycles. The standard InChI is InChI=1S/C17H29N3O/c1-3-9-18-10-4-11-19-12-14-20(15-13-19)16-5-7-17(21-2)8-6-16/h5-8,18H,3-4,9-15H2,1-2H3. The molecular formula is C17H29N3O. The molecule has 4 nitrogen and oxygen atoms in total. The van der Waals surface area contributed by atoms with Crippen LogP contribution in [0.15, 0.2) is 24.3 Å². The molecule has 0 amide bonds. The van der Waals surface area contributed by atoms with Crippen LogP contribution in [0.2, 0.25) is 0 Å². The first-order valence-electron chi connectivity index (χ1n) is 8.15. The van der Waals surface area contributed by atoms with Gasteiger partial charge in [0, 0.05) is 31.9 Å². The number of hydrogen-bond donors (Lipinski definition) is 1. The number of benzene rings is 1. The fraction of sp³-hybridized carbons (Fsp3) is 0.647. The molecule has 1 saturated heterocycles. The van der Waals surface area contributed by atoms with Gasteiger partial charge in [-0.25, -0.2) is 0 Å². The van der Waals surface area contributed by atoms with Crippen LogP contribution in [0, 0.1) is 0 Å². The third-order valence-corrected chi connectivity index (χ3v) is 4.06. The Labute approximate surface area is 129 Å². The molecule has 1 N–H and O–H groups in total. The van der Waals surface area contributed by atoms with Crippen molar-refractivity contribution in [1.82, 2.24) is 10.2 Å². The molecule has 0 unspecified atom stereocenters. The van der Waals surface area contributed by atoms with Crippen molar-refractivity contribution in [2.45, 2.75) is 19.8 Å². The van der Waals surface area contributed by atoms with Gasteiger partial charge in [0.25, 0.3) is 0 Å². The van der Waals surface area contributed by atoms with Crippen LogP contribution in [0.25, 0.3) is 0 Å². The summed E-state index contributed by atoms with van der Waals surface area (Å²) >= 11 is 0. The van der Waals surface area contributed by atoms with E-state index in [1.165, 1.54) is 38.2 Å². The summed E-state index contributed by atoms with van der Waals surface area (Å²) in [5.41, 5.74) is 1.31. The highest BCUT2D eigenvalue weighted by Gasteiger charge is 2.16. The lowest BCUT2D eigenvalue weighted by atomic mass is 10.2. The van der Waals surface area contributed by atoms with Crippen LogP contribution in [0.4, 0.5) is 5.69 Å². The Hall–Kier alpha value is -1.26. The first-order valence-corrected chi connectivity index (χ1v) is 8.15. The van der Waals surface area contributed by atoms with Gasteiger partial charge in [-0.05, 0) is 56.7 Å². The Morgan fingerprint density at radius 3 is 2.38 bits per heavy atom. The fourth-order valence-corrected chi connectivity index (χ4v) is 2.75. The van der Waals surface area contributed by atoms with Gasteiger partial charge in [0.1, 0.15) is 5.75 Å². The smallest absolute Gasteiger partial charge is 0.119 e. The molecular weight excluding hydrogens is 262 g/mol. The van der Waals surface area contributed by atoms with Crippen molar-refractivity contribution in [3.63, 3.8) is 0 Å². The molecule has 2 rings (SSSR count). The van der Waals surface area contributed by atoms with Crippen LogP contribution in [-0.2, 0) is 0 Å². The lowest BCUT2D eigenvalue weighted by Crippen LogP contribution is -2.47. The van der Waals surface area contributed by atoms with Crippen molar-refractivity contribution in [2.75, 3.05) is 57.8 Å². The summed E-state index contributed by atoms with van der Waals surface area (Å²) in [5, 5.41) is 3.47. The number of ether oxygens (including phenoxy) is 1. The van der Waals surface area contributed by atoms with E-state index in [9.17, 15) is 0 Å². The van der Waals surface area contributed by atoms with Gasteiger partial charge in [-0.3, -0.25) is 4.90 Å². The van der Waals surface area contributed by atoms with Crippen molar-refractivity contribution < 1.29 is 4.74 Å². The number of nitrogens with zero attached hydrogens (tertiary/aromatic N) is 2. The Kier molecular flexibility index (Phi) is 6.83. The molecule has 0 bridgehead atoms. The van der Waals surface area contributed by atoms with Crippen LogP contribution in [-0.4, -0.2) is 57.8 Å². The number of methoxy groups -OCH3 is 1. The summed E-state index contributed by atoms with van der Waals surface area (Å²) in [6.07, 6.45) is 2.48. The van der Waals surface area contributed by atoms with Crippen molar-refractivity contribution in [3.05, 3.63) is 24.3 Å². The molecule has 0 saturated carbocycles. The monoisotopic (exact) mass is 291 g/mol. The third-order valence-electron chi connectivity index (χ3n) is 4.06. The molecule has 4 heteroatoms. The van der Waals surface area contributed by atoms with E-state index in [2.05, 4.69) is 34.2 Å². The first kappa shape index (κ1) is 16.1. The van der Waals surface area contributed by atoms with Crippen LogP contribution in [0.5, 0.6) is 5.75 Å². The molecule has 118 valence electrons. The maximum atomic E-state index is 5.21. The normalized spacial score (nSPS) is 16.2. The molecule has 1 aliphatic heterocycles. The molecule has 0 aromatic heterocycles. The number of anilines is 1. The van der Waals surface area contributed by atoms with E-state index < -0.39 is 0 Å². The van der Waals surface area contributed by atoms with Crippen molar-refractivity contribution in [1.29, 1.82) is 0 Å². The van der Waals surface area contributed by atoms with Gasteiger partial charge in [-0.1, -0.05) is 6.92 Å². The number of nitrogens with one attached hydrogen (secondary N) is 1. The highest BCUT2D eigenvalue weighted by molar-refractivity contribution is 5.49. The van der Waals surface area contributed by atoms with Gasteiger partial charge >= 0.3 is 0 Å². The number of piperazine rings is 1. The fourth-order valence-electron chi connectivity index (χ4n) is 2.75. The minimum absolute atomic E-state index is 0.928. The van der Waals surface area contributed by atoms with Crippen LogP contribution >= 0.6 is 0 Å². The number of rotatable bonds is 8. The summed E-state index contributed by atoms with van der Waals surface area (Å²) in [6.45, 7) is 10.3. The van der Waals surface area contributed by atoms with Crippen molar-refractivity contribution in [3.8, 4) is 5.75 Å². The minimum atomic E-state index is 0.928. The van der Waals surface area contributed by atoms with E-state index in [1.807, 2.05) is 12.1 Å². The Morgan fingerprint density at radius 2 is 1.76 bits per heavy atom. The summed E-state index contributed by atoms with van der Waals surface area (Å²) in [7, 11) is 1.71. The molecule has 0 radical (unpaired) electrons. The second-order valence-corrected chi connectivity index (χ2v) is 5.63. The van der Waals surface area contributed by atoms with E-state index >= 15 is 0 Å². The average Bonchev–Trinajstić information content (AvgIpc) is 2.55. The lowest BCUT2D eigenvalue weighted by Gasteiger charge is -2.36. The van der Waals surface area contributed by atoms with E-state index in [0.717, 1.165) is 31.9 Å². The van der Waals surface area contributed by atoms with E-state index in [4.69, 9.17) is 4.74 Å². The largest absolute Gasteiger partial charge is 0.497 e.